The van der Waals surface area contributed by atoms with Gasteiger partial charge in [-0.3, -0.25) is 9.59 Å². The van der Waals surface area contributed by atoms with Crippen molar-refractivity contribution >= 4 is 11.9 Å². The lowest BCUT2D eigenvalue weighted by atomic mass is 9.86. The highest BCUT2D eigenvalue weighted by Crippen LogP contribution is 2.24. The molecule has 0 aromatic heterocycles. The zero-order valence-corrected chi connectivity index (χ0v) is 17.9. The molecule has 2 unspecified atom stereocenters. The zero-order chi connectivity index (χ0) is 20.3. The summed E-state index contributed by atoms with van der Waals surface area (Å²) in [6.45, 7) is 4.21. The second kappa shape index (κ2) is 18.3. The summed E-state index contributed by atoms with van der Waals surface area (Å²) in [6.07, 6.45) is 19.5. The van der Waals surface area contributed by atoms with Crippen molar-refractivity contribution in [1.29, 1.82) is 0 Å². The van der Waals surface area contributed by atoms with Crippen LogP contribution < -0.4 is 0 Å². The number of unbranched alkanes of at least 4 members (excludes halogenated alkanes) is 13. The molecular formula is C23H44O4. The molecular weight excluding hydrogens is 340 g/mol. The number of aliphatic carboxylic acids is 2. The standard InChI is InChI=1S/C23H44O4/c1-3-4-5-6-7-8-9-10-11-12-13-14-15-16-17-20(2)21(23(26)27)18-19-22(24)25/h20-21H,3-19H2,1-2H3,(H,24,25)(H,26,27). The van der Waals surface area contributed by atoms with Crippen molar-refractivity contribution in [1.82, 2.24) is 0 Å². The van der Waals surface area contributed by atoms with Crippen LogP contribution in [0.4, 0.5) is 0 Å². The molecule has 0 rings (SSSR count). The van der Waals surface area contributed by atoms with Crippen molar-refractivity contribution in [3.8, 4) is 0 Å². The summed E-state index contributed by atoms with van der Waals surface area (Å²) in [5, 5.41) is 18.0. The minimum atomic E-state index is -0.912. The second-order valence-corrected chi connectivity index (χ2v) is 8.24. The van der Waals surface area contributed by atoms with Gasteiger partial charge in [-0.2, -0.15) is 0 Å². The van der Waals surface area contributed by atoms with Gasteiger partial charge in [-0.1, -0.05) is 104 Å². The van der Waals surface area contributed by atoms with Gasteiger partial charge in [-0.25, -0.2) is 0 Å². The van der Waals surface area contributed by atoms with E-state index in [4.69, 9.17) is 5.11 Å². The summed E-state index contributed by atoms with van der Waals surface area (Å²) in [7, 11) is 0. The van der Waals surface area contributed by atoms with E-state index in [9.17, 15) is 14.7 Å². The monoisotopic (exact) mass is 384 g/mol. The molecule has 0 aliphatic carbocycles. The SMILES string of the molecule is CCCCCCCCCCCCCCCCC(C)C(CCC(=O)O)C(=O)O. The Morgan fingerprint density at radius 3 is 1.44 bits per heavy atom. The van der Waals surface area contributed by atoms with Gasteiger partial charge in [-0.05, 0) is 18.8 Å². The van der Waals surface area contributed by atoms with Crippen molar-refractivity contribution < 1.29 is 19.8 Å². The first-order valence-corrected chi connectivity index (χ1v) is 11.4. The number of carbonyl (C=O) groups is 2. The molecule has 0 aliphatic heterocycles. The van der Waals surface area contributed by atoms with Crippen LogP contribution in [-0.4, -0.2) is 22.2 Å². The van der Waals surface area contributed by atoms with E-state index in [1.807, 2.05) is 6.92 Å². The van der Waals surface area contributed by atoms with E-state index in [2.05, 4.69) is 6.92 Å². The minimum absolute atomic E-state index is 0.0548. The predicted octanol–water partition coefficient (Wildman–Crippen LogP) is 7.06. The van der Waals surface area contributed by atoms with Gasteiger partial charge in [-0.15, -0.1) is 0 Å². The molecule has 0 spiro atoms. The fourth-order valence-electron chi connectivity index (χ4n) is 3.79. The van der Waals surface area contributed by atoms with E-state index in [1.54, 1.807) is 0 Å². The molecule has 27 heavy (non-hydrogen) atoms. The number of rotatable bonds is 20. The average Bonchev–Trinajstić information content (AvgIpc) is 2.61. The van der Waals surface area contributed by atoms with Gasteiger partial charge < -0.3 is 10.2 Å². The van der Waals surface area contributed by atoms with Crippen LogP contribution in [0.25, 0.3) is 0 Å². The summed E-state index contributed by atoms with van der Waals surface area (Å²) in [4.78, 5) is 22.0. The Hall–Kier alpha value is -1.06. The molecule has 0 bridgehead atoms. The highest BCUT2D eigenvalue weighted by Gasteiger charge is 2.24. The van der Waals surface area contributed by atoms with E-state index in [1.165, 1.54) is 77.0 Å². The van der Waals surface area contributed by atoms with Crippen LogP contribution in [0.2, 0.25) is 0 Å². The minimum Gasteiger partial charge on any atom is -0.481 e. The highest BCUT2D eigenvalue weighted by molar-refractivity contribution is 5.72. The van der Waals surface area contributed by atoms with Crippen LogP contribution in [0, 0.1) is 11.8 Å². The number of carboxylic acid groups (broad SMARTS) is 2. The van der Waals surface area contributed by atoms with Crippen LogP contribution in [0.15, 0.2) is 0 Å². The Bertz CT molecular complexity index is 367. The molecule has 0 fully saturated rings. The van der Waals surface area contributed by atoms with E-state index < -0.39 is 17.9 Å². The van der Waals surface area contributed by atoms with E-state index in [0.717, 1.165) is 19.3 Å². The Labute approximate surface area is 167 Å². The third-order valence-electron chi connectivity index (χ3n) is 5.69. The molecule has 0 saturated carbocycles. The molecule has 0 radical (unpaired) electrons. The van der Waals surface area contributed by atoms with Crippen molar-refractivity contribution in [2.45, 2.75) is 123 Å². The Morgan fingerprint density at radius 2 is 1.07 bits per heavy atom. The van der Waals surface area contributed by atoms with E-state index in [0.29, 0.717) is 0 Å². The van der Waals surface area contributed by atoms with Gasteiger partial charge in [0.05, 0.1) is 5.92 Å². The molecule has 4 nitrogen and oxygen atoms in total. The largest absolute Gasteiger partial charge is 0.481 e. The lowest BCUT2D eigenvalue weighted by Gasteiger charge is -2.19. The summed E-state index contributed by atoms with van der Waals surface area (Å²) in [5.74, 6) is -2.23. The molecule has 0 saturated heterocycles. The second-order valence-electron chi connectivity index (χ2n) is 8.24. The molecule has 2 N–H and O–H groups in total. The van der Waals surface area contributed by atoms with Crippen LogP contribution in [0.5, 0.6) is 0 Å². The van der Waals surface area contributed by atoms with Gasteiger partial charge in [0.15, 0.2) is 0 Å². The molecule has 160 valence electrons. The van der Waals surface area contributed by atoms with E-state index in [-0.39, 0.29) is 18.8 Å². The quantitative estimate of drug-likeness (QED) is 0.220. The lowest BCUT2D eigenvalue weighted by molar-refractivity contribution is -0.144. The molecule has 0 aliphatic rings. The van der Waals surface area contributed by atoms with Crippen molar-refractivity contribution in [2.24, 2.45) is 11.8 Å². The zero-order valence-electron chi connectivity index (χ0n) is 17.9. The molecule has 2 atom stereocenters. The normalized spacial score (nSPS) is 13.4. The first-order valence-electron chi connectivity index (χ1n) is 11.4. The number of hydrogen-bond acceptors (Lipinski definition) is 2. The predicted molar refractivity (Wildman–Crippen MR) is 112 cm³/mol. The molecule has 0 heterocycles. The first-order chi connectivity index (χ1) is 13.0. The lowest BCUT2D eigenvalue weighted by Crippen LogP contribution is -2.22. The fourth-order valence-corrected chi connectivity index (χ4v) is 3.79. The van der Waals surface area contributed by atoms with Crippen molar-refractivity contribution in [3.05, 3.63) is 0 Å². The van der Waals surface area contributed by atoms with Crippen molar-refractivity contribution in [3.63, 3.8) is 0 Å². The van der Waals surface area contributed by atoms with E-state index >= 15 is 0 Å². The third-order valence-corrected chi connectivity index (χ3v) is 5.69. The average molecular weight is 385 g/mol. The van der Waals surface area contributed by atoms with Gasteiger partial charge in [0.1, 0.15) is 0 Å². The Morgan fingerprint density at radius 1 is 0.667 bits per heavy atom. The first kappa shape index (κ1) is 25.9. The number of hydrogen-bond donors (Lipinski definition) is 2. The van der Waals surface area contributed by atoms with Crippen molar-refractivity contribution in [2.75, 3.05) is 0 Å². The Balaban J connectivity index is 3.49. The van der Waals surface area contributed by atoms with Crippen LogP contribution in [0.1, 0.15) is 123 Å². The van der Waals surface area contributed by atoms with Gasteiger partial charge in [0.25, 0.3) is 0 Å². The summed E-state index contributed by atoms with van der Waals surface area (Å²) < 4.78 is 0. The Kier molecular flexibility index (Phi) is 17.6. The van der Waals surface area contributed by atoms with Crippen LogP contribution >= 0.6 is 0 Å². The maximum absolute atomic E-state index is 11.3. The molecule has 0 aromatic rings. The smallest absolute Gasteiger partial charge is 0.306 e. The van der Waals surface area contributed by atoms with Crippen LogP contribution in [0.3, 0.4) is 0 Å². The third kappa shape index (κ3) is 16.8. The maximum atomic E-state index is 11.3. The van der Waals surface area contributed by atoms with Crippen LogP contribution in [-0.2, 0) is 9.59 Å². The molecule has 0 amide bonds. The summed E-state index contributed by atoms with van der Waals surface area (Å²) >= 11 is 0. The van der Waals surface area contributed by atoms with Gasteiger partial charge in [0, 0.05) is 6.42 Å². The summed E-state index contributed by atoms with van der Waals surface area (Å²) in [5.41, 5.74) is 0. The highest BCUT2D eigenvalue weighted by atomic mass is 16.4. The number of carboxylic acids is 2. The van der Waals surface area contributed by atoms with Gasteiger partial charge >= 0.3 is 11.9 Å². The topological polar surface area (TPSA) is 74.6 Å². The molecule has 0 aromatic carbocycles. The van der Waals surface area contributed by atoms with Gasteiger partial charge in [0.2, 0.25) is 0 Å². The summed E-state index contributed by atoms with van der Waals surface area (Å²) in [6, 6.07) is 0. The fraction of sp³-hybridized carbons (Fsp3) is 0.913. The molecule has 4 heteroatoms. The maximum Gasteiger partial charge on any atom is 0.306 e.